The number of hydrogen-bond donors (Lipinski definition) is 1. The van der Waals surface area contributed by atoms with E-state index in [2.05, 4.69) is 16.0 Å². The number of halogens is 3. The van der Waals surface area contributed by atoms with Crippen LogP contribution in [-0.2, 0) is 16.6 Å². The highest BCUT2D eigenvalue weighted by atomic mass is 32.2. The van der Waals surface area contributed by atoms with E-state index in [9.17, 15) is 26.9 Å². The molecule has 0 radical (unpaired) electrons. The van der Waals surface area contributed by atoms with E-state index in [-0.39, 0.29) is 0 Å². The Hall–Kier alpha value is -2.97. The highest BCUT2D eigenvalue weighted by Crippen LogP contribution is 2.36. The van der Waals surface area contributed by atoms with Crippen LogP contribution in [0.15, 0.2) is 35.5 Å². The zero-order valence-corrected chi connectivity index (χ0v) is 18.8. The molecule has 1 saturated carbocycles. The average Bonchev–Trinajstić information content (AvgIpc) is 3.02. The maximum atomic E-state index is 12.8. The van der Waals surface area contributed by atoms with Gasteiger partial charge < -0.3 is 4.57 Å². The van der Waals surface area contributed by atoms with E-state index in [1.165, 1.54) is 12.1 Å². The van der Waals surface area contributed by atoms with Crippen molar-refractivity contribution >= 4 is 21.1 Å². The highest BCUT2D eigenvalue weighted by Gasteiger charge is 2.39. The quantitative estimate of drug-likeness (QED) is 0.570. The third-order valence-electron chi connectivity index (χ3n) is 5.92. The van der Waals surface area contributed by atoms with Crippen molar-refractivity contribution in [3.63, 3.8) is 0 Å². The van der Waals surface area contributed by atoms with Crippen LogP contribution in [0.5, 0.6) is 0 Å². The van der Waals surface area contributed by atoms with Gasteiger partial charge in [-0.1, -0.05) is 6.42 Å². The van der Waals surface area contributed by atoms with Crippen LogP contribution < -0.4 is 4.72 Å². The van der Waals surface area contributed by atoms with Crippen molar-refractivity contribution < 1.29 is 21.6 Å². The standard InChI is InChI=1S/C22H22F3N5O2S/c1-13-8-17-18(9-26)20(30(21(17)28-10-13)12-15-4-3-5-15)19-7-6-16(11-27-19)33(31,32)29-14(2)22(23,24)25/h6-8,10-11,14-15,29H,3-5,12H2,1-2H3/t14-/m0/s1. The molecule has 1 aliphatic rings. The first-order valence-electron chi connectivity index (χ1n) is 10.5. The summed E-state index contributed by atoms with van der Waals surface area (Å²) >= 11 is 0. The lowest BCUT2D eigenvalue weighted by Crippen LogP contribution is -2.42. The Balaban J connectivity index is 1.77. The van der Waals surface area contributed by atoms with Crippen molar-refractivity contribution in [3.05, 3.63) is 41.7 Å². The number of nitrogens with one attached hydrogen (secondary N) is 1. The molecule has 11 heteroatoms. The summed E-state index contributed by atoms with van der Waals surface area (Å²) in [5.74, 6) is 0.446. The van der Waals surface area contributed by atoms with Gasteiger partial charge >= 0.3 is 6.18 Å². The van der Waals surface area contributed by atoms with Crippen LogP contribution in [0.3, 0.4) is 0 Å². The first-order chi connectivity index (χ1) is 15.5. The third-order valence-corrected chi connectivity index (χ3v) is 7.45. The normalized spacial score (nSPS) is 15.9. The van der Waals surface area contributed by atoms with Gasteiger partial charge in [-0.2, -0.15) is 23.2 Å². The predicted molar refractivity (Wildman–Crippen MR) is 116 cm³/mol. The maximum Gasteiger partial charge on any atom is 0.404 e. The monoisotopic (exact) mass is 477 g/mol. The molecule has 1 atom stereocenters. The molecule has 4 rings (SSSR count). The zero-order chi connectivity index (χ0) is 24.0. The Morgan fingerprint density at radius 1 is 1.27 bits per heavy atom. The largest absolute Gasteiger partial charge is 0.404 e. The smallest absolute Gasteiger partial charge is 0.323 e. The molecule has 3 heterocycles. The van der Waals surface area contributed by atoms with E-state index >= 15 is 0 Å². The first-order valence-corrected chi connectivity index (χ1v) is 11.9. The number of aryl methyl sites for hydroxylation is 1. The Morgan fingerprint density at radius 2 is 2.00 bits per heavy atom. The van der Waals surface area contributed by atoms with Crippen LogP contribution in [0.4, 0.5) is 13.2 Å². The maximum absolute atomic E-state index is 12.8. The van der Waals surface area contributed by atoms with Crippen LogP contribution >= 0.6 is 0 Å². The molecule has 0 unspecified atom stereocenters. The minimum absolute atomic E-state index is 0.351. The van der Waals surface area contributed by atoms with Gasteiger partial charge in [0.15, 0.2) is 0 Å². The summed E-state index contributed by atoms with van der Waals surface area (Å²) in [6.45, 7) is 3.26. The molecule has 0 bridgehead atoms. The summed E-state index contributed by atoms with van der Waals surface area (Å²) < 4.78 is 66.7. The Labute approximate surface area is 189 Å². The number of sulfonamides is 1. The Morgan fingerprint density at radius 3 is 2.55 bits per heavy atom. The number of aromatic nitrogens is 3. The number of fused-ring (bicyclic) bond motifs is 1. The molecule has 0 spiro atoms. The summed E-state index contributed by atoms with van der Waals surface area (Å²) in [6.07, 6.45) is 1.30. The predicted octanol–water partition coefficient (Wildman–Crippen LogP) is 4.31. The summed E-state index contributed by atoms with van der Waals surface area (Å²) in [4.78, 5) is 8.36. The van der Waals surface area contributed by atoms with Crippen LogP contribution in [0, 0.1) is 24.2 Å². The molecule has 1 fully saturated rings. The van der Waals surface area contributed by atoms with Gasteiger partial charge in [-0.15, -0.1) is 0 Å². The van der Waals surface area contributed by atoms with Crippen molar-refractivity contribution in [2.75, 3.05) is 0 Å². The lowest BCUT2D eigenvalue weighted by atomic mass is 9.85. The van der Waals surface area contributed by atoms with Gasteiger partial charge in [0.1, 0.15) is 22.7 Å². The van der Waals surface area contributed by atoms with E-state index in [1.807, 2.05) is 17.6 Å². The minimum Gasteiger partial charge on any atom is -0.323 e. The molecule has 0 saturated heterocycles. The number of nitrogens with zero attached hydrogens (tertiary/aromatic N) is 4. The number of hydrogen-bond acceptors (Lipinski definition) is 5. The van der Waals surface area contributed by atoms with Gasteiger partial charge in [0.05, 0.1) is 17.0 Å². The average molecular weight is 478 g/mol. The molecule has 0 amide bonds. The second-order valence-corrected chi connectivity index (χ2v) is 10.1. The van der Waals surface area contributed by atoms with Gasteiger partial charge in [0.25, 0.3) is 0 Å². The van der Waals surface area contributed by atoms with E-state index < -0.39 is 27.1 Å². The van der Waals surface area contributed by atoms with Crippen LogP contribution in [0.2, 0.25) is 0 Å². The molecule has 174 valence electrons. The van der Waals surface area contributed by atoms with E-state index in [1.54, 1.807) is 10.9 Å². The van der Waals surface area contributed by atoms with Crippen molar-refractivity contribution in [3.8, 4) is 17.5 Å². The van der Waals surface area contributed by atoms with Crippen molar-refractivity contribution in [1.82, 2.24) is 19.3 Å². The van der Waals surface area contributed by atoms with E-state index in [4.69, 9.17) is 0 Å². The minimum atomic E-state index is -4.71. The summed E-state index contributed by atoms with van der Waals surface area (Å²) in [7, 11) is -4.43. The van der Waals surface area contributed by atoms with Crippen LogP contribution in [-0.4, -0.2) is 35.2 Å². The molecule has 1 N–H and O–H groups in total. The molecule has 3 aromatic heterocycles. The fourth-order valence-electron chi connectivity index (χ4n) is 3.87. The van der Waals surface area contributed by atoms with Gasteiger partial charge in [0, 0.05) is 24.3 Å². The summed E-state index contributed by atoms with van der Waals surface area (Å²) in [5, 5.41) is 10.6. The number of nitriles is 1. The third kappa shape index (κ3) is 4.45. The van der Waals surface area contributed by atoms with Gasteiger partial charge in [-0.25, -0.2) is 13.4 Å². The van der Waals surface area contributed by atoms with Crippen LogP contribution in [0.25, 0.3) is 22.4 Å². The fourth-order valence-corrected chi connectivity index (χ4v) is 5.04. The van der Waals surface area contributed by atoms with Crippen LogP contribution in [0.1, 0.15) is 37.3 Å². The topological polar surface area (TPSA) is 101 Å². The highest BCUT2D eigenvalue weighted by molar-refractivity contribution is 7.89. The zero-order valence-electron chi connectivity index (χ0n) is 18.0. The second-order valence-electron chi connectivity index (χ2n) is 8.39. The number of rotatable bonds is 6. The van der Waals surface area contributed by atoms with E-state index in [0.29, 0.717) is 40.4 Å². The molecular formula is C22H22F3N5O2S. The fraction of sp³-hybridized carbons (Fsp3) is 0.409. The van der Waals surface area contributed by atoms with Crippen molar-refractivity contribution in [2.24, 2.45) is 5.92 Å². The van der Waals surface area contributed by atoms with E-state index in [0.717, 1.165) is 37.9 Å². The number of pyridine rings is 2. The summed E-state index contributed by atoms with van der Waals surface area (Å²) in [5.41, 5.74) is 2.80. The molecule has 7 nitrogen and oxygen atoms in total. The van der Waals surface area contributed by atoms with Crippen molar-refractivity contribution in [2.45, 2.75) is 56.8 Å². The number of alkyl halides is 3. The lowest BCUT2D eigenvalue weighted by Gasteiger charge is -2.26. The van der Waals surface area contributed by atoms with Gasteiger partial charge in [0.2, 0.25) is 10.0 Å². The molecule has 3 aromatic rings. The van der Waals surface area contributed by atoms with Crippen molar-refractivity contribution in [1.29, 1.82) is 5.26 Å². The summed E-state index contributed by atoms with van der Waals surface area (Å²) in [6, 6.07) is 4.46. The lowest BCUT2D eigenvalue weighted by molar-refractivity contribution is -0.147. The SMILES string of the molecule is Cc1cnc2c(c1)c(C#N)c(-c1ccc(S(=O)(=O)N[C@@H](C)C(F)(F)F)cn1)n2CC1CCC1. The molecule has 0 aromatic carbocycles. The second kappa shape index (κ2) is 8.43. The molecule has 33 heavy (non-hydrogen) atoms. The molecular weight excluding hydrogens is 455 g/mol. The van der Waals surface area contributed by atoms with Gasteiger partial charge in [-0.05, 0) is 56.4 Å². The first kappa shape index (κ1) is 23.2. The Bertz CT molecular complexity index is 1340. The molecule has 0 aliphatic heterocycles. The Kier molecular flexibility index (Phi) is 5.92. The molecule has 1 aliphatic carbocycles. The van der Waals surface area contributed by atoms with Gasteiger partial charge in [-0.3, -0.25) is 4.98 Å².